The van der Waals surface area contributed by atoms with Crippen molar-refractivity contribution in [2.24, 2.45) is 5.41 Å². The molecule has 24 heavy (non-hydrogen) atoms. The Morgan fingerprint density at radius 3 is 2.75 bits per heavy atom. The molecule has 0 saturated carbocycles. The Labute approximate surface area is 137 Å². The van der Waals surface area contributed by atoms with Crippen molar-refractivity contribution in [1.29, 1.82) is 0 Å². The number of nitrogens with one attached hydrogen (secondary N) is 1. The minimum atomic E-state index is -0.377. The van der Waals surface area contributed by atoms with Gasteiger partial charge in [-0.1, -0.05) is 12.1 Å². The summed E-state index contributed by atoms with van der Waals surface area (Å²) in [5.74, 6) is 0.563. The van der Waals surface area contributed by atoms with Gasteiger partial charge in [-0.2, -0.15) is 4.52 Å². The zero-order valence-corrected chi connectivity index (χ0v) is 12.8. The molecule has 124 valence electrons. The number of benzene rings is 1. The van der Waals surface area contributed by atoms with E-state index in [2.05, 4.69) is 20.6 Å². The number of halogens is 1. The molecule has 0 atom stereocenters. The van der Waals surface area contributed by atoms with Crippen molar-refractivity contribution in [3.05, 3.63) is 42.2 Å². The van der Waals surface area contributed by atoms with Crippen LogP contribution >= 0.6 is 0 Å². The summed E-state index contributed by atoms with van der Waals surface area (Å²) >= 11 is 0. The van der Waals surface area contributed by atoms with Crippen molar-refractivity contribution in [2.45, 2.75) is 0 Å². The molecule has 1 fully saturated rings. The summed E-state index contributed by atoms with van der Waals surface area (Å²) in [5.41, 5.74) is 0.606. The second kappa shape index (κ2) is 5.81. The van der Waals surface area contributed by atoms with Crippen LogP contribution in [0.15, 0.2) is 36.4 Å². The molecule has 0 bridgehead atoms. The van der Waals surface area contributed by atoms with Gasteiger partial charge in [0.05, 0.1) is 30.8 Å². The van der Waals surface area contributed by atoms with Crippen LogP contribution in [-0.4, -0.2) is 51.3 Å². The van der Waals surface area contributed by atoms with Crippen LogP contribution in [0.3, 0.4) is 0 Å². The van der Waals surface area contributed by atoms with Gasteiger partial charge in [0.25, 0.3) is 0 Å². The molecule has 1 aliphatic heterocycles. The zero-order valence-electron chi connectivity index (χ0n) is 12.8. The number of nitrogens with zero attached hydrogens (tertiary/aromatic N) is 4. The fraction of sp³-hybridized carbons (Fsp3) is 0.312. The molecule has 3 aromatic rings. The number of aliphatic hydroxyl groups is 1. The number of anilines is 1. The van der Waals surface area contributed by atoms with E-state index in [9.17, 15) is 9.50 Å². The molecule has 3 heterocycles. The van der Waals surface area contributed by atoms with Crippen LogP contribution in [0.25, 0.3) is 17.0 Å². The second-order valence-electron chi connectivity index (χ2n) is 6.00. The molecule has 0 amide bonds. The van der Waals surface area contributed by atoms with Crippen LogP contribution in [0.1, 0.15) is 0 Å². The van der Waals surface area contributed by atoms with Gasteiger partial charge >= 0.3 is 0 Å². The number of aliphatic hydroxyl groups excluding tert-OH is 1. The van der Waals surface area contributed by atoms with E-state index in [1.54, 1.807) is 30.3 Å². The summed E-state index contributed by atoms with van der Waals surface area (Å²) in [4.78, 5) is 0. The van der Waals surface area contributed by atoms with Gasteiger partial charge < -0.3 is 15.2 Å². The van der Waals surface area contributed by atoms with Gasteiger partial charge in [0, 0.05) is 6.54 Å². The van der Waals surface area contributed by atoms with Crippen LogP contribution < -0.4 is 5.32 Å². The first kappa shape index (κ1) is 15.0. The lowest BCUT2D eigenvalue weighted by Crippen LogP contribution is -2.50. The Morgan fingerprint density at radius 2 is 2.04 bits per heavy atom. The molecule has 4 rings (SSSR count). The van der Waals surface area contributed by atoms with Gasteiger partial charge in [0.2, 0.25) is 0 Å². The van der Waals surface area contributed by atoms with Crippen molar-refractivity contribution >= 4 is 11.5 Å². The molecule has 1 aromatic carbocycles. The lowest BCUT2D eigenvalue weighted by atomic mass is 9.87. The maximum Gasteiger partial charge on any atom is 0.188 e. The minimum Gasteiger partial charge on any atom is -0.396 e. The summed E-state index contributed by atoms with van der Waals surface area (Å²) in [7, 11) is 0. The highest BCUT2D eigenvalue weighted by atomic mass is 19.1. The standard InChI is InChI=1S/C16H16FN5O2/c17-12-4-2-1-3-11(12)15-20-19-14-6-5-13(21-22(14)15)18-7-16(8-23)9-24-10-16/h1-6,23H,7-10H2,(H,18,21). The first-order valence-electron chi connectivity index (χ1n) is 7.61. The minimum absolute atomic E-state index is 0.0509. The summed E-state index contributed by atoms with van der Waals surface area (Å²) in [6, 6.07) is 9.91. The summed E-state index contributed by atoms with van der Waals surface area (Å²) in [6.45, 7) is 1.63. The quantitative estimate of drug-likeness (QED) is 0.735. The highest BCUT2D eigenvalue weighted by Gasteiger charge is 2.37. The Morgan fingerprint density at radius 1 is 1.21 bits per heavy atom. The van der Waals surface area contributed by atoms with Crippen LogP contribution in [0, 0.1) is 11.2 Å². The van der Waals surface area contributed by atoms with Crippen molar-refractivity contribution in [2.75, 3.05) is 31.7 Å². The third-order valence-electron chi connectivity index (χ3n) is 4.17. The Balaban J connectivity index is 1.65. The van der Waals surface area contributed by atoms with Gasteiger partial charge in [0.15, 0.2) is 11.5 Å². The number of hydrogen-bond donors (Lipinski definition) is 2. The molecule has 0 radical (unpaired) electrons. The smallest absolute Gasteiger partial charge is 0.188 e. The highest BCUT2D eigenvalue weighted by molar-refractivity contribution is 5.60. The predicted molar refractivity (Wildman–Crippen MR) is 85.0 cm³/mol. The largest absolute Gasteiger partial charge is 0.396 e. The van der Waals surface area contributed by atoms with E-state index < -0.39 is 0 Å². The molecule has 2 N–H and O–H groups in total. The van der Waals surface area contributed by atoms with Crippen LogP contribution in [0.2, 0.25) is 0 Å². The van der Waals surface area contributed by atoms with E-state index in [0.29, 0.717) is 42.6 Å². The molecular formula is C16H16FN5O2. The van der Waals surface area contributed by atoms with Gasteiger partial charge in [-0.05, 0) is 24.3 Å². The highest BCUT2D eigenvalue weighted by Crippen LogP contribution is 2.27. The Hall–Kier alpha value is -2.58. The van der Waals surface area contributed by atoms with Gasteiger partial charge in [-0.25, -0.2) is 4.39 Å². The molecule has 2 aromatic heterocycles. The molecule has 8 heteroatoms. The monoisotopic (exact) mass is 329 g/mol. The van der Waals surface area contributed by atoms with Gasteiger partial charge in [0.1, 0.15) is 11.6 Å². The third-order valence-corrected chi connectivity index (χ3v) is 4.17. The second-order valence-corrected chi connectivity index (χ2v) is 6.00. The topological polar surface area (TPSA) is 84.6 Å². The van der Waals surface area contributed by atoms with Crippen molar-refractivity contribution < 1.29 is 14.2 Å². The van der Waals surface area contributed by atoms with E-state index in [0.717, 1.165) is 0 Å². The molecule has 1 saturated heterocycles. The number of rotatable bonds is 5. The first-order valence-corrected chi connectivity index (χ1v) is 7.61. The molecule has 0 aliphatic carbocycles. The van der Waals surface area contributed by atoms with E-state index >= 15 is 0 Å². The van der Waals surface area contributed by atoms with E-state index in [-0.39, 0.29) is 17.8 Å². The predicted octanol–water partition coefficient (Wildman–Crippen LogP) is 1.35. The maximum absolute atomic E-state index is 14.0. The number of fused-ring (bicyclic) bond motifs is 1. The van der Waals surface area contributed by atoms with E-state index in [4.69, 9.17) is 4.74 Å². The number of ether oxygens (including phenoxy) is 1. The third kappa shape index (κ3) is 2.49. The maximum atomic E-state index is 14.0. The van der Waals surface area contributed by atoms with Crippen LogP contribution in [0.5, 0.6) is 0 Å². The summed E-state index contributed by atoms with van der Waals surface area (Å²) in [6.07, 6.45) is 0. The Kier molecular flexibility index (Phi) is 3.62. The average Bonchev–Trinajstić information content (AvgIpc) is 2.98. The van der Waals surface area contributed by atoms with Gasteiger partial charge in [-0.3, -0.25) is 0 Å². The molecule has 0 spiro atoms. The molecule has 1 aliphatic rings. The van der Waals surface area contributed by atoms with Crippen molar-refractivity contribution in [1.82, 2.24) is 19.8 Å². The molecular weight excluding hydrogens is 313 g/mol. The number of aromatic nitrogens is 4. The van der Waals surface area contributed by atoms with Crippen molar-refractivity contribution in [3.8, 4) is 11.4 Å². The average molecular weight is 329 g/mol. The van der Waals surface area contributed by atoms with E-state index in [1.807, 2.05) is 0 Å². The van der Waals surface area contributed by atoms with Crippen LogP contribution in [-0.2, 0) is 4.74 Å². The number of hydrogen-bond acceptors (Lipinski definition) is 6. The summed E-state index contributed by atoms with van der Waals surface area (Å²) in [5, 5.41) is 25.2. The van der Waals surface area contributed by atoms with Crippen LogP contribution in [0.4, 0.5) is 10.2 Å². The lowest BCUT2D eigenvalue weighted by molar-refractivity contribution is -0.128. The van der Waals surface area contributed by atoms with E-state index in [1.165, 1.54) is 10.6 Å². The van der Waals surface area contributed by atoms with Gasteiger partial charge in [-0.15, -0.1) is 15.3 Å². The van der Waals surface area contributed by atoms with Crippen molar-refractivity contribution in [3.63, 3.8) is 0 Å². The summed E-state index contributed by atoms with van der Waals surface area (Å²) < 4.78 is 20.7. The SMILES string of the molecule is OCC1(CNc2ccc3nnc(-c4ccccc4F)n3n2)COC1. The molecule has 0 unspecified atom stereocenters. The fourth-order valence-corrected chi connectivity index (χ4v) is 2.61. The first-order chi connectivity index (χ1) is 11.7. The normalized spacial score (nSPS) is 16.1. The molecule has 7 nitrogen and oxygen atoms in total. The Bertz CT molecular complexity index is 872. The zero-order chi connectivity index (χ0) is 16.6. The lowest BCUT2D eigenvalue weighted by Gasteiger charge is -2.39. The fourth-order valence-electron chi connectivity index (χ4n) is 2.61.